The van der Waals surface area contributed by atoms with Crippen LogP contribution in [-0.2, 0) is 25.9 Å². The van der Waals surface area contributed by atoms with Crippen LogP contribution in [0.15, 0.2) is 59.5 Å². The second kappa shape index (κ2) is 10.4. The summed E-state index contributed by atoms with van der Waals surface area (Å²) in [5.74, 6) is -0.685. The van der Waals surface area contributed by atoms with Gasteiger partial charge in [-0.1, -0.05) is 30.3 Å². The third-order valence-electron chi connectivity index (χ3n) is 5.87. The van der Waals surface area contributed by atoms with Crippen molar-refractivity contribution in [1.82, 2.24) is 4.57 Å². The fourth-order valence-electron chi connectivity index (χ4n) is 3.94. The molecule has 0 fully saturated rings. The first kappa shape index (κ1) is 24.5. The molecule has 0 spiro atoms. The Morgan fingerprint density at radius 2 is 1.69 bits per heavy atom. The average Bonchev–Trinajstić information content (AvgIpc) is 3.15. The maximum atomic E-state index is 12.7. The van der Waals surface area contributed by atoms with Crippen molar-refractivity contribution in [2.75, 3.05) is 25.6 Å². The van der Waals surface area contributed by atoms with Crippen LogP contribution in [0.25, 0.3) is 0 Å². The normalized spacial score (nSPS) is 12.9. The van der Waals surface area contributed by atoms with Gasteiger partial charge in [-0.05, 0) is 37.6 Å². The smallest absolute Gasteiger partial charge is 0.307 e. The number of Topliss-reactive ketones (excluding diaryl/α,β-unsaturated/α-hetero) is 1. The Kier molecular flexibility index (Phi) is 7.25. The van der Waals surface area contributed by atoms with Crippen LogP contribution < -0.4 is 9.47 Å². The van der Waals surface area contributed by atoms with Crippen LogP contribution in [0.4, 0.5) is 0 Å². The predicted octanol–water partition coefficient (Wildman–Crippen LogP) is 3.51. The highest BCUT2D eigenvalue weighted by atomic mass is 32.2. The zero-order valence-electron chi connectivity index (χ0n) is 19.7. The molecule has 0 atom stereocenters. The molecular weight excluding hydrogens is 470 g/mol. The summed E-state index contributed by atoms with van der Waals surface area (Å²) in [7, 11) is -3.74. The van der Waals surface area contributed by atoms with Crippen molar-refractivity contribution >= 4 is 21.6 Å². The summed E-state index contributed by atoms with van der Waals surface area (Å²) < 4.78 is 43.2. The van der Waals surface area contributed by atoms with Crippen molar-refractivity contribution in [1.29, 1.82) is 0 Å². The predicted molar refractivity (Wildman–Crippen MR) is 129 cm³/mol. The first-order chi connectivity index (χ1) is 16.7. The Hall–Kier alpha value is -3.59. The summed E-state index contributed by atoms with van der Waals surface area (Å²) in [4.78, 5) is 24.9. The number of hydrogen-bond donors (Lipinski definition) is 0. The van der Waals surface area contributed by atoms with Crippen LogP contribution in [0.5, 0.6) is 11.5 Å². The highest BCUT2D eigenvalue weighted by Gasteiger charge is 2.22. The maximum absolute atomic E-state index is 12.7. The Bertz CT molecular complexity index is 1340. The monoisotopic (exact) mass is 497 g/mol. The second-order valence-corrected chi connectivity index (χ2v) is 10.4. The van der Waals surface area contributed by atoms with Gasteiger partial charge in [0.2, 0.25) is 5.78 Å². The molecule has 1 aromatic heterocycles. The van der Waals surface area contributed by atoms with Crippen LogP contribution >= 0.6 is 0 Å². The molecule has 8 nitrogen and oxygen atoms in total. The highest BCUT2D eigenvalue weighted by molar-refractivity contribution is 7.91. The van der Waals surface area contributed by atoms with E-state index in [-0.39, 0.29) is 17.1 Å². The van der Waals surface area contributed by atoms with Crippen LogP contribution in [0, 0.1) is 13.8 Å². The van der Waals surface area contributed by atoms with Gasteiger partial charge in [-0.3, -0.25) is 9.59 Å². The number of benzene rings is 2. The van der Waals surface area contributed by atoms with E-state index in [1.165, 1.54) is 18.2 Å². The van der Waals surface area contributed by atoms with Gasteiger partial charge in [-0.15, -0.1) is 0 Å². The molecule has 0 unspecified atom stereocenters. The van der Waals surface area contributed by atoms with E-state index in [9.17, 15) is 18.0 Å². The van der Waals surface area contributed by atoms with Crippen molar-refractivity contribution in [2.45, 2.75) is 31.7 Å². The summed E-state index contributed by atoms with van der Waals surface area (Å²) in [5, 5.41) is 0. The number of ether oxygens (including phenoxy) is 3. The zero-order valence-corrected chi connectivity index (χ0v) is 20.5. The third-order valence-corrected chi connectivity index (χ3v) is 7.58. The number of sulfone groups is 1. The van der Waals surface area contributed by atoms with Gasteiger partial charge >= 0.3 is 5.97 Å². The molecule has 0 aliphatic carbocycles. The van der Waals surface area contributed by atoms with Crippen molar-refractivity contribution < 1.29 is 32.2 Å². The maximum Gasteiger partial charge on any atom is 0.307 e. The number of aryl methyl sites for hydroxylation is 1. The van der Waals surface area contributed by atoms with Crippen LogP contribution in [0.1, 0.15) is 33.7 Å². The van der Waals surface area contributed by atoms with Crippen molar-refractivity contribution in [2.24, 2.45) is 0 Å². The summed E-state index contributed by atoms with van der Waals surface area (Å²) in [6.07, 6.45) is -0.364. The van der Waals surface area contributed by atoms with Crippen molar-refractivity contribution in [3.8, 4) is 11.5 Å². The molecular formula is C26H27NO7S. The Morgan fingerprint density at radius 1 is 0.971 bits per heavy atom. The second-order valence-electron chi connectivity index (χ2n) is 8.31. The van der Waals surface area contributed by atoms with E-state index in [0.717, 1.165) is 17.0 Å². The minimum Gasteiger partial charge on any atom is -0.486 e. The Balaban J connectivity index is 1.32. The number of carbonyl (C=O) groups excluding carboxylic acids is 2. The molecule has 0 saturated carbocycles. The molecule has 0 bridgehead atoms. The van der Waals surface area contributed by atoms with Crippen molar-refractivity contribution in [3.63, 3.8) is 0 Å². The molecule has 35 heavy (non-hydrogen) atoms. The van der Waals surface area contributed by atoms with Crippen LogP contribution in [0.3, 0.4) is 0 Å². The van der Waals surface area contributed by atoms with Gasteiger partial charge in [0.05, 0.1) is 17.1 Å². The standard InChI is InChI=1S/C26H27NO7S/c1-18-14-22(19(2)27(18)16-20-6-4-3-5-7-20)23(28)17-34-26(29)10-13-35(30,31)21-8-9-24-25(15-21)33-12-11-32-24/h3-9,14-15H,10-13,16-17H2,1-2H3. The SMILES string of the molecule is Cc1cc(C(=O)COC(=O)CCS(=O)(=O)c2ccc3c(c2)OCCO3)c(C)n1Cc1ccccc1. The van der Waals surface area contributed by atoms with E-state index in [2.05, 4.69) is 0 Å². The number of rotatable bonds is 9. The molecule has 0 amide bonds. The number of esters is 1. The molecule has 3 aromatic rings. The summed E-state index contributed by atoms with van der Waals surface area (Å²) in [6, 6.07) is 16.0. The molecule has 0 saturated heterocycles. The molecule has 0 N–H and O–H groups in total. The zero-order chi connectivity index (χ0) is 25.0. The van der Waals surface area contributed by atoms with E-state index in [1.54, 1.807) is 6.07 Å². The molecule has 1 aliphatic heterocycles. The van der Waals surface area contributed by atoms with E-state index < -0.39 is 28.2 Å². The van der Waals surface area contributed by atoms with Gasteiger partial charge in [0, 0.05) is 29.6 Å². The van der Waals surface area contributed by atoms with Crippen molar-refractivity contribution in [3.05, 3.63) is 77.1 Å². The number of nitrogens with zero attached hydrogens (tertiary/aromatic N) is 1. The summed E-state index contributed by atoms with van der Waals surface area (Å²) >= 11 is 0. The van der Waals surface area contributed by atoms with E-state index in [0.29, 0.717) is 36.8 Å². The number of fused-ring (bicyclic) bond motifs is 1. The minimum atomic E-state index is -3.74. The molecule has 2 heterocycles. The fourth-order valence-corrected chi connectivity index (χ4v) is 5.17. The van der Waals surface area contributed by atoms with Gasteiger partial charge in [0.1, 0.15) is 13.2 Å². The third kappa shape index (κ3) is 5.74. The van der Waals surface area contributed by atoms with Gasteiger partial charge in [0.25, 0.3) is 0 Å². The van der Waals surface area contributed by atoms with E-state index in [4.69, 9.17) is 14.2 Å². The van der Waals surface area contributed by atoms with E-state index >= 15 is 0 Å². The molecule has 9 heteroatoms. The minimum absolute atomic E-state index is 0.0384. The Labute approximate surface area is 204 Å². The lowest BCUT2D eigenvalue weighted by atomic mass is 10.1. The number of carbonyl (C=O) groups is 2. The first-order valence-electron chi connectivity index (χ1n) is 11.3. The molecule has 0 radical (unpaired) electrons. The van der Waals surface area contributed by atoms with Gasteiger partial charge in [0.15, 0.2) is 27.9 Å². The van der Waals surface area contributed by atoms with Gasteiger partial charge < -0.3 is 18.8 Å². The van der Waals surface area contributed by atoms with Gasteiger partial charge in [-0.25, -0.2) is 8.42 Å². The molecule has 4 rings (SSSR count). The summed E-state index contributed by atoms with van der Waals surface area (Å²) in [6.45, 7) is 4.69. The lowest BCUT2D eigenvalue weighted by Gasteiger charge is -2.18. The average molecular weight is 498 g/mol. The Morgan fingerprint density at radius 3 is 2.43 bits per heavy atom. The molecule has 2 aromatic carbocycles. The topological polar surface area (TPSA) is 101 Å². The van der Waals surface area contributed by atoms with Crippen LogP contribution in [0.2, 0.25) is 0 Å². The summed E-state index contributed by atoms with van der Waals surface area (Å²) in [5.41, 5.74) is 3.30. The molecule has 1 aliphatic rings. The quantitative estimate of drug-likeness (QED) is 0.329. The van der Waals surface area contributed by atoms with Gasteiger partial charge in [-0.2, -0.15) is 0 Å². The first-order valence-corrected chi connectivity index (χ1v) is 12.9. The van der Waals surface area contributed by atoms with E-state index in [1.807, 2.05) is 48.7 Å². The lowest BCUT2D eigenvalue weighted by molar-refractivity contribution is -0.142. The number of aromatic nitrogens is 1. The van der Waals surface area contributed by atoms with Crippen LogP contribution in [-0.4, -0.2) is 50.3 Å². The highest BCUT2D eigenvalue weighted by Crippen LogP contribution is 2.32. The molecule has 184 valence electrons. The number of ketones is 1. The number of hydrogen-bond acceptors (Lipinski definition) is 7. The largest absolute Gasteiger partial charge is 0.486 e. The lowest BCUT2D eigenvalue weighted by Crippen LogP contribution is -2.19. The fraction of sp³-hybridized carbons (Fsp3) is 0.308.